The van der Waals surface area contributed by atoms with Gasteiger partial charge >= 0.3 is 5.97 Å². The number of anilines is 1. The van der Waals surface area contributed by atoms with E-state index in [0.717, 1.165) is 11.3 Å². The number of halogens is 1. The van der Waals surface area contributed by atoms with Crippen LogP contribution in [0.5, 0.6) is 0 Å². The number of carbonyl (C=O) groups is 2. The highest BCUT2D eigenvalue weighted by molar-refractivity contribution is 6.29. The number of hydrogen-bond donors (Lipinski definition) is 1. The quantitative estimate of drug-likeness (QED) is 0.797. The van der Waals surface area contributed by atoms with E-state index in [1.807, 2.05) is 0 Å². The smallest absolute Gasteiger partial charge is 0.326 e. The number of fused-ring (bicyclic) bond motifs is 1. The van der Waals surface area contributed by atoms with Crippen LogP contribution in [0.1, 0.15) is 16.5 Å². The van der Waals surface area contributed by atoms with Gasteiger partial charge in [0.1, 0.15) is 0 Å². The monoisotopic (exact) mass is 239 g/mol. The Hall–Kier alpha value is -1.55. The summed E-state index contributed by atoms with van der Waals surface area (Å²) >= 11 is 5.72. The third-order valence-corrected chi connectivity index (χ3v) is 3.13. The molecule has 1 N–H and O–H groups in total. The summed E-state index contributed by atoms with van der Waals surface area (Å²) in [5, 5.41) is 7.72. The number of alkyl halides is 1. The molecule has 5 heteroatoms. The number of amides is 1. The summed E-state index contributed by atoms with van der Waals surface area (Å²) in [6.45, 7) is 0. The zero-order valence-electron chi connectivity index (χ0n) is 8.61. The first-order valence-corrected chi connectivity index (χ1v) is 5.20. The molecular formula is C11H10ClNO3. The maximum absolute atomic E-state index is 11.4. The number of rotatable bonds is 2. The fourth-order valence-electron chi connectivity index (χ4n) is 1.79. The van der Waals surface area contributed by atoms with Gasteiger partial charge in [0, 0.05) is 12.7 Å². The molecule has 0 saturated heterocycles. The minimum atomic E-state index is -1.08. The van der Waals surface area contributed by atoms with E-state index in [1.54, 1.807) is 30.1 Å². The topological polar surface area (TPSA) is 57.6 Å². The van der Waals surface area contributed by atoms with E-state index in [2.05, 4.69) is 0 Å². The average molecular weight is 240 g/mol. The van der Waals surface area contributed by atoms with Crippen molar-refractivity contribution in [3.05, 3.63) is 29.3 Å². The van der Waals surface area contributed by atoms with Crippen LogP contribution >= 0.6 is 11.6 Å². The van der Waals surface area contributed by atoms with Crippen LogP contribution in [-0.4, -0.2) is 24.0 Å². The standard InChI is InChI=1S/C11H10ClNO3/c1-13-8-3-2-6(10(12)11(15)16)4-7(8)5-9(13)14/h2-4,10H,5H2,1H3,(H,15,16). The van der Waals surface area contributed by atoms with E-state index in [9.17, 15) is 9.59 Å². The van der Waals surface area contributed by atoms with E-state index >= 15 is 0 Å². The number of carboxylic acid groups (broad SMARTS) is 1. The van der Waals surface area contributed by atoms with Crippen molar-refractivity contribution < 1.29 is 14.7 Å². The SMILES string of the molecule is CN1C(=O)Cc2cc(C(Cl)C(=O)O)ccc21. The first kappa shape index (κ1) is 11.0. The van der Waals surface area contributed by atoms with E-state index < -0.39 is 11.3 Å². The predicted octanol–water partition coefficient (Wildman–Crippen LogP) is 1.57. The van der Waals surface area contributed by atoms with Gasteiger partial charge in [-0.2, -0.15) is 0 Å². The van der Waals surface area contributed by atoms with Crippen LogP contribution in [0, 0.1) is 0 Å². The second kappa shape index (κ2) is 3.79. The molecule has 0 aromatic heterocycles. The molecule has 0 spiro atoms. The van der Waals surface area contributed by atoms with E-state index in [-0.39, 0.29) is 5.91 Å². The number of carbonyl (C=O) groups excluding carboxylic acids is 1. The van der Waals surface area contributed by atoms with Crippen LogP contribution in [0.15, 0.2) is 18.2 Å². The van der Waals surface area contributed by atoms with E-state index in [0.29, 0.717) is 12.0 Å². The number of benzene rings is 1. The Morgan fingerprint density at radius 2 is 2.25 bits per heavy atom. The van der Waals surface area contributed by atoms with Crippen molar-refractivity contribution in [3.8, 4) is 0 Å². The summed E-state index contributed by atoms with van der Waals surface area (Å²) < 4.78 is 0. The second-order valence-corrected chi connectivity index (χ2v) is 4.15. The summed E-state index contributed by atoms with van der Waals surface area (Å²) in [7, 11) is 1.70. The lowest BCUT2D eigenvalue weighted by Crippen LogP contribution is -2.20. The lowest BCUT2D eigenvalue weighted by molar-refractivity contribution is -0.136. The Kier molecular flexibility index (Phi) is 2.59. The lowest BCUT2D eigenvalue weighted by Gasteiger charge is -2.11. The molecule has 2 rings (SSSR count). The molecule has 0 radical (unpaired) electrons. The first-order chi connectivity index (χ1) is 7.50. The van der Waals surface area contributed by atoms with Gasteiger partial charge in [0.05, 0.1) is 6.42 Å². The van der Waals surface area contributed by atoms with E-state index in [4.69, 9.17) is 16.7 Å². The fourth-order valence-corrected chi connectivity index (χ4v) is 1.93. The molecule has 16 heavy (non-hydrogen) atoms. The molecule has 0 saturated carbocycles. The Morgan fingerprint density at radius 3 is 2.88 bits per heavy atom. The van der Waals surface area contributed by atoms with Crippen LogP contribution < -0.4 is 4.90 Å². The Labute approximate surface area is 97.4 Å². The number of carboxylic acids is 1. The van der Waals surface area contributed by atoms with E-state index in [1.165, 1.54) is 0 Å². The van der Waals surface area contributed by atoms with Crippen molar-refractivity contribution in [1.29, 1.82) is 0 Å². The number of aliphatic carboxylic acids is 1. The van der Waals surface area contributed by atoms with Gasteiger partial charge in [-0.25, -0.2) is 0 Å². The third kappa shape index (κ3) is 1.65. The normalized spacial score (nSPS) is 16.1. The fraction of sp³-hybridized carbons (Fsp3) is 0.273. The molecule has 1 heterocycles. The molecule has 0 aliphatic carbocycles. The van der Waals surface area contributed by atoms with Gasteiger partial charge in [0.2, 0.25) is 5.91 Å². The molecule has 4 nitrogen and oxygen atoms in total. The zero-order valence-corrected chi connectivity index (χ0v) is 9.36. The van der Waals surface area contributed by atoms with Gasteiger partial charge in [0.25, 0.3) is 0 Å². The van der Waals surface area contributed by atoms with Crippen LogP contribution in [0.2, 0.25) is 0 Å². The molecule has 1 atom stereocenters. The molecular weight excluding hydrogens is 230 g/mol. The van der Waals surface area contributed by atoms with Crippen molar-refractivity contribution >= 4 is 29.2 Å². The molecule has 1 aromatic rings. The number of hydrogen-bond acceptors (Lipinski definition) is 2. The van der Waals surface area contributed by atoms with Gasteiger partial charge in [0.15, 0.2) is 5.38 Å². The Bertz CT molecular complexity index is 472. The lowest BCUT2D eigenvalue weighted by atomic mass is 10.1. The van der Waals surface area contributed by atoms with Gasteiger partial charge < -0.3 is 10.0 Å². The van der Waals surface area contributed by atoms with Gasteiger partial charge in [-0.15, -0.1) is 11.6 Å². The van der Waals surface area contributed by atoms with Crippen molar-refractivity contribution in [3.63, 3.8) is 0 Å². The minimum absolute atomic E-state index is 0.00796. The maximum Gasteiger partial charge on any atom is 0.326 e. The molecule has 1 aliphatic heterocycles. The molecule has 1 aromatic carbocycles. The van der Waals surface area contributed by atoms with Crippen molar-refractivity contribution in [2.45, 2.75) is 11.8 Å². The van der Waals surface area contributed by atoms with Crippen molar-refractivity contribution in [2.24, 2.45) is 0 Å². The summed E-state index contributed by atoms with van der Waals surface area (Å²) in [5.74, 6) is -1.08. The maximum atomic E-state index is 11.4. The predicted molar refractivity (Wildman–Crippen MR) is 59.8 cm³/mol. The van der Waals surface area contributed by atoms with Gasteiger partial charge in [-0.3, -0.25) is 9.59 Å². The number of likely N-dealkylation sites (N-methyl/N-ethyl adjacent to an activating group) is 1. The van der Waals surface area contributed by atoms with Crippen molar-refractivity contribution in [2.75, 3.05) is 11.9 Å². The average Bonchev–Trinajstić information content (AvgIpc) is 2.53. The Balaban J connectivity index is 2.39. The third-order valence-electron chi connectivity index (χ3n) is 2.69. The largest absolute Gasteiger partial charge is 0.480 e. The first-order valence-electron chi connectivity index (χ1n) is 4.77. The van der Waals surface area contributed by atoms with Gasteiger partial charge in [-0.1, -0.05) is 12.1 Å². The molecule has 0 fully saturated rings. The second-order valence-electron chi connectivity index (χ2n) is 3.72. The van der Waals surface area contributed by atoms with Crippen molar-refractivity contribution in [1.82, 2.24) is 0 Å². The molecule has 0 bridgehead atoms. The zero-order chi connectivity index (χ0) is 11.9. The van der Waals surface area contributed by atoms with Crippen LogP contribution in [0.25, 0.3) is 0 Å². The summed E-state index contributed by atoms with van der Waals surface area (Å²) in [6, 6.07) is 5.05. The van der Waals surface area contributed by atoms with Crippen LogP contribution in [0.3, 0.4) is 0 Å². The molecule has 84 valence electrons. The van der Waals surface area contributed by atoms with Crippen LogP contribution in [-0.2, 0) is 16.0 Å². The van der Waals surface area contributed by atoms with Crippen LogP contribution in [0.4, 0.5) is 5.69 Å². The molecule has 1 aliphatic rings. The van der Waals surface area contributed by atoms with Gasteiger partial charge in [-0.05, 0) is 17.2 Å². The minimum Gasteiger partial charge on any atom is -0.480 e. The highest BCUT2D eigenvalue weighted by Crippen LogP contribution is 2.31. The summed E-state index contributed by atoms with van der Waals surface area (Å²) in [4.78, 5) is 23.7. The summed E-state index contributed by atoms with van der Waals surface area (Å²) in [5.41, 5.74) is 2.16. The number of nitrogens with zero attached hydrogens (tertiary/aromatic N) is 1. The highest BCUT2D eigenvalue weighted by atomic mass is 35.5. The molecule has 1 amide bonds. The Morgan fingerprint density at radius 1 is 1.56 bits per heavy atom. The summed E-state index contributed by atoms with van der Waals surface area (Å²) in [6.07, 6.45) is 0.308. The molecule has 1 unspecified atom stereocenters. The highest BCUT2D eigenvalue weighted by Gasteiger charge is 2.26.